The largest absolute Gasteiger partial charge is 0.384 e. The van der Waals surface area contributed by atoms with Gasteiger partial charge in [0.1, 0.15) is 17.5 Å². The predicted molar refractivity (Wildman–Crippen MR) is 74.3 cm³/mol. The van der Waals surface area contributed by atoms with Gasteiger partial charge in [-0.15, -0.1) is 0 Å². The summed E-state index contributed by atoms with van der Waals surface area (Å²) in [7, 11) is 1.91. The molecule has 19 heavy (non-hydrogen) atoms. The summed E-state index contributed by atoms with van der Waals surface area (Å²) in [6.07, 6.45) is 5.15. The second-order valence-electron chi connectivity index (χ2n) is 4.95. The molecule has 0 bridgehead atoms. The molecule has 6 heteroatoms. The van der Waals surface area contributed by atoms with Crippen molar-refractivity contribution in [1.82, 2.24) is 19.7 Å². The van der Waals surface area contributed by atoms with Gasteiger partial charge < -0.3 is 11.1 Å². The van der Waals surface area contributed by atoms with Gasteiger partial charge in [0.05, 0.1) is 11.4 Å². The minimum Gasteiger partial charge on any atom is -0.384 e. The number of hydrogen-bond donors (Lipinski definition) is 2. The first-order chi connectivity index (χ1) is 9.15. The number of aromatic nitrogens is 4. The summed E-state index contributed by atoms with van der Waals surface area (Å²) in [5.74, 6) is 2.60. The van der Waals surface area contributed by atoms with Crippen LogP contribution in [0.15, 0.2) is 12.3 Å². The van der Waals surface area contributed by atoms with E-state index >= 15 is 0 Å². The van der Waals surface area contributed by atoms with Crippen LogP contribution in [-0.4, -0.2) is 19.7 Å². The number of aryl methyl sites for hydroxylation is 2. The summed E-state index contributed by atoms with van der Waals surface area (Å²) in [5, 5.41) is 7.69. The summed E-state index contributed by atoms with van der Waals surface area (Å²) in [5.41, 5.74) is 7.84. The van der Waals surface area contributed by atoms with Gasteiger partial charge in [-0.05, 0) is 19.3 Å². The fourth-order valence-electron chi connectivity index (χ4n) is 2.11. The lowest BCUT2D eigenvalue weighted by Gasteiger charge is -2.07. The molecule has 0 spiro atoms. The highest BCUT2D eigenvalue weighted by atomic mass is 15.3. The molecule has 100 valence electrons. The number of nitrogen functional groups attached to an aromatic ring is 1. The van der Waals surface area contributed by atoms with Gasteiger partial charge in [-0.3, -0.25) is 4.68 Å². The Balaban J connectivity index is 1.89. The Labute approximate surface area is 112 Å². The van der Waals surface area contributed by atoms with Crippen LogP contribution in [0.4, 0.5) is 17.3 Å². The molecule has 1 aliphatic rings. The normalized spacial score (nSPS) is 14.6. The van der Waals surface area contributed by atoms with E-state index in [4.69, 9.17) is 5.73 Å². The van der Waals surface area contributed by atoms with Crippen LogP contribution >= 0.6 is 0 Å². The minimum atomic E-state index is 0.489. The first-order valence-electron chi connectivity index (χ1n) is 6.59. The van der Waals surface area contributed by atoms with Gasteiger partial charge in [0.2, 0.25) is 0 Å². The van der Waals surface area contributed by atoms with Crippen molar-refractivity contribution in [3.8, 4) is 0 Å². The first kappa shape index (κ1) is 12.0. The molecule has 0 saturated heterocycles. The van der Waals surface area contributed by atoms with E-state index in [1.54, 1.807) is 10.7 Å². The van der Waals surface area contributed by atoms with E-state index in [1.165, 1.54) is 0 Å². The SMILES string of the molecule is CCc1nn(C)cc1Nc1cc(N)nc(C2CC2)n1. The van der Waals surface area contributed by atoms with Crippen LogP contribution in [0.2, 0.25) is 0 Å². The van der Waals surface area contributed by atoms with E-state index in [2.05, 4.69) is 27.3 Å². The molecule has 1 saturated carbocycles. The van der Waals surface area contributed by atoms with Gasteiger partial charge >= 0.3 is 0 Å². The van der Waals surface area contributed by atoms with Crippen molar-refractivity contribution >= 4 is 17.3 Å². The molecule has 3 N–H and O–H groups in total. The fourth-order valence-corrected chi connectivity index (χ4v) is 2.11. The fraction of sp³-hybridized carbons (Fsp3) is 0.462. The molecule has 0 aliphatic heterocycles. The zero-order valence-corrected chi connectivity index (χ0v) is 11.2. The lowest BCUT2D eigenvalue weighted by atomic mass is 10.3. The smallest absolute Gasteiger partial charge is 0.136 e. The molecular weight excluding hydrogens is 240 g/mol. The Kier molecular flexibility index (Phi) is 2.85. The highest BCUT2D eigenvalue weighted by Gasteiger charge is 2.27. The zero-order valence-electron chi connectivity index (χ0n) is 11.2. The molecule has 0 aromatic carbocycles. The van der Waals surface area contributed by atoms with Crippen molar-refractivity contribution in [2.75, 3.05) is 11.1 Å². The van der Waals surface area contributed by atoms with Gasteiger partial charge in [0.25, 0.3) is 0 Å². The van der Waals surface area contributed by atoms with Crippen molar-refractivity contribution < 1.29 is 0 Å². The Morgan fingerprint density at radius 1 is 1.42 bits per heavy atom. The van der Waals surface area contributed by atoms with E-state index in [0.717, 1.165) is 42.3 Å². The van der Waals surface area contributed by atoms with Crippen molar-refractivity contribution in [2.24, 2.45) is 7.05 Å². The second kappa shape index (κ2) is 4.53. The lowest BCUT2D eigenvalue weighted by Crippen LogP contribution is -2.03. The zero-order chi connectivity index (χ0) is 13.4. The van der Waals surface area contributed by atoms with Crippen molar-refractivity contribution in [1.29, 1.82) is 0 Å². The van der Waals surface area contributed by atoms with Gasteiger partial charge in [-0.2, -0.15) is 5.10 Å². The van der Waals surface area contributed by atoms with Crippen LogP contribution in [0.5, 0.6) is 0 Å². The number of rotatable bonds is 4. The van der Waals surface area contributed by atoms with Gasteiger partial charge in [0, 0.05) is 25.2 Å². The van der Waals surface area contributed by atoms with Crippen LogP contribution in [0.25, 0.3) is 0 Å². The van der Waals surface area contributed by atoms with Crippen LogP contribution < -0.4 is 11.1 Å². The summed E-state index contributed by atoms with van der Waals surface area (Å²) >= 11 is 0. The first-order valence-corrected chi connectivity index (χ1v) is 6.59. The molecule has 1 aliphatic carbocycles. The maximum Gasteiger partial charge on any atom is 0.136 e. The third-order valence-corrected chi connectivity index (χ3v) is 3.21. The number of nitrogens with zero attached hydrogens (tertiary/aromatic N) is 4. The number of nitrogens with one attached hydrogen (secondary N) is 1. The van der Waals surface area contributed by atoms with Gasteiger partial charge in [0.15, 0.2) is 0 Å². The third kappa shape index (κ3) is 2.52. The average Bonchev–Trinajstić information content (AvgIpc) is 3.14. The Morgan fingerprint density at radius 2 is 2.21 bits per heavy atom. The minimum absolute atomic E-state index is 0.489. The number of hydrogen-bond acceptors (Lipinski definition) is 5. The maximum atomic E-state index is 5.84. The topological polar surface area (TPSA) is 81.7 Å². The van der Waals surface area contributed by atoms with E-state index in [1.807, 2.05) is 13.2 Å². The molecule has 2 aromatic rings. The standard InChI is InChI=1S/C13H18N6/c1-3-9-10(7-19(2)18-9)15-12-6-11(14)16-13(17-12)8-4-5-8/h6-8H,3-5H2,1-2H3,(H3,14,15,16,17). The molecule has 2 aromatic heterocycles. The predicted octanol–water partition coefficient (Wildman–Crippen LogP) is 1.98. The molecule has 1 fully saturated rings. The van der Waals surface area contributed by atoms with E-state index < -0.39 is 0 Å². The number of anilines is 3. The van der Waals surface area contributed by atoms with E-state index in [-0.39, 0.29) is 0 Å². The number of nitrogens with two attached hydrogens (primary N) is 1. The molecule has 0 atom stereocenters. The average molecular weight is 258 g/mol. The molecule has 6 nitrogen and oxygen atoms in total. The molecule has 0 unspecified atom stereocenters. The van der Waals surface area contributed by atoms with Gasteiger partial charge in [-0.1, -0.05) is 6.92 Å². The highest BCUT2D eigenvalue weighted by molar-refractivity contribution is 5.60. The maximum absolute atomic E-state index is 5.84. The van der Waals surface area contributed by atoms with Crippen LogP contribution in [0.3, 0.4) is 0 Å². The summed E-state index contributed by atoms with van der Waals surface area (Å²) in [6.45, 7) is 2.08. The Hall–Kier alpha value is -2.11. The van der Waals surface area contributed by atoms with Crippen molar-refractivity contribution in [2.45, 2.75) is 32.1 Å². The second-order valence-corrected chi connectivity index (χ2v) is 4.95. The van der Waals surface area contributed by atoms with Crippen LogP contribution in [0, 0.1) is 0 Å². The molecule has 0 radical (unpaired) electrons. The van der Waals surface area contributed by atoms with Crippen LogP contribution in [0.1, 0.15) is 37.2 Å². The lowest BCUT2D eigenvalue weighted by molar-refractivity contribution is 0.746. The molecule has 2 heterocycles. The monoisotopic (exact) mass is 258 g/mol. The van der Waals surface area contributed by atoms with E-state index in [9.17, 15) is 0 Å². The molecule has 3 rings (SSSR count). The third-order valence-electron chi connectivity index (χ3n) is 3.21. The summed E-state index contributed by atoms with van der Waals surface area (Å²) in [6, 6.07) is 1.76. The quantitative estimate of drug-likeness (QED) is 0.876. The Morgan fingerprint density at radius 3 is 2.89 bits per heavy atom. The van der Waals surface area contributed by atoms with Gasteiger partial charge in [-0.25, -0.2) is 9.97 Å². The van der Waals surface area contributed by atoms with E-state index in [0.29, 0.717) is 11.7 Å². The molecule has 0 amide bonds. The van der Waals surface area contributed by atoms with Crippen molar-refractivity contribution in [3.05, 3.63) is 23.8 Å². The highest BCUT2D eigenvalue weighted by Crippen LogP contribution is 2.38. The van der Waals surface area contributed by atoms with Crippen molar-refractivity contribution in [3.63, 3.8) is 0 Å². The summed E-state index contributed by atoms with van der Waals surface area (Å²) in [4.78, 5) is 8.83. The molecular formula is C13H18N6. The van der Waals surface area contributed by atoms with Crippen LogP contribution in [-0.2, 0) is 13.5 Å². The summed E-state index contributed by atoms with van der Waals surface area (Å²) < 4.78 is 1.80. The Bertz CT molecular complexity index is 599.